The lowest BCUT2D eigenvalue weighted by Gasteiger charge is -2.22. The fourth-order valence-corrected chi connectivity index (χ4v) is 2.29. The van der Waals surface area contributed by atoms with Crippen LogP contribution in [0.4, 0.5) is 4.79 Å². The SMILES string of the molecule is CC1(C)CC1CNC(=O)N(CCC(=O)O)C1CC1. The predicted octanol–water partition coefficient (Wildman–Crippen LogP) is 1.68. The fourth-order valence-electron chi connectivity index (χ4n) is 2.29. The standard InChI is InChI=1S/C13H22N2O3/c1-13(2)7-9(13)8-14-12(18)15(10-3-4-10)6-5-11(16)17/h9-10H,3-8H2,1-2H3,(H,14,18)(H,16,17). The second kappa shape index (κ2) is 4.78. The van der Waals surface area contributed by atoms with Gasteiger partial charge in [-0.15, -0.1) is 0 Å². The molecule has 2 aliphatic carbocycles. The maximum absolute atomic E-state index is 12.0. The van der Waals surface area contributed by atoms with Crippen LogP contribution in [0.2, 0.25) is 0 Å². The summed E-state index contributed by atoms with van der Waals surface area (Å²) in [4.78, 5) is 24.3. The predicted molar refractivity (Wildman–Crippen MR) is 67.3 cm³/mol. The third-order valence-corrected chi connectivity index (χ3v) is 4.03. The van der Waals surface area contributed by atoms with Gasteiger partial charge in [-0.25, -0.2) is 4.79 Å². The van der Waals surface area contributed by atoms with E-state index in [4.69, 9.17) is 5.11 Å². The molecule has 2 aliphatic rings. The summed E-state index contributed by atoms with van der Waals surface area (Å²) in [6.45, 7) is 5.43. The zero-order valence-corrected chi connectivity index (χ0v) is 11.1. The first kappa shape index (κ1) is 13.2. The lowest BCUT2D eigenvalue weighted by Crippen LogP contribution is -2.43. The van der Waals surface area contributed by atoms with Crippen molar-refractivity contribution in [2.45, 2.75) is 45.6 Å². The Kier molecular flexibility index (Phi) is 3.50. The lowest BCUT2D eigenvalue weighted by atomic mass is 10.1. The minimum atomic E-state index is -0.850. The van der Waals surface area contributed by atoms with Gasteiger partial charge in [-0.2, -0.15) is 0 Å². The summed E-state index contributed by atoms with van der Waals surface area (Å²) in [5.41, 5.74) is 0.360. The molecule has 0 bridgehead atoms. The van der Waals surface area contributed by atoms with Crippen LogP contribution in [-0.4, -0.2) is 41.1 Å². The molecule has 0 aromatic carbocycles. The Morgan fingerprint density at radius 3 is 2.44 bits per heavy atom. The average Bonchev–Trinajstić information content (AvgIpc) is 3.14. The Balaban J connectivity index is 1.75. The minimum Gasteiger partial charge on any atom is -0.481 e. The third-order valence-electron chi connectivity index (χ3n) is 4.03. The smallest absolute Gasteiger partial charge is 0.317 e. The van der Waals surface area contributed by atoms with Crippen LogP contribution in [0.3, 0.4) is 0 Å². The molecule has 2 rings (SSSR count). The number of hydrogen-bond donors (Lipinski definition) is 2. The molecule has 102 valence electrons. The van der Waals surface area contributed by atoms with Crippen molar-refractivity contribution < 1.29 is 14.7 Å². The van der Waals surface area contributed by atoms with Gasteiger partial charge in [-0.1, -0.05) is 13.8 Å². The number of nitrogens with zero attached hydrogens (tertiary/aromatic N) is 1. The highest BCUT2D eigenvalue weighted by molar-refractivity contribution is 5.76. The van der Waals surface area contributed by atoms with Crippen LogP contribution in [0, 0.1) is 11.3 Å². The van der Waals surface area contributed by atoms with E-state index in [1.165, 1.54) is 0 Å². The molecule has 0 spiro atoms. The quantitative estimate of drug-likeness (QED) is 0.757. The second-order valence-corrected chi connectivity index (χ2v) is 6.14. The van der Waals surface area contributed by atoms with E-state index in [9.17, 15) is 9.59 Å². The summed E-state index contributed by atoms with van der Waals surface area (Å²) in [5.74, 6) is -0.279. The maximum atomic E-state index is 12.0. The molecule has 1 atom stereocenters. The first-order valence-corrected chi connectivity index (χ1v) is 6.66. The van der Waals surface area contributed by atoms with Crippen molar-refractivity contribution in [3.63, 3.8) is 0 Å². The van der Waals surface area contributed by atoms with E-state index in [0.717, 1.165) is 19.3 Å². The van der Waals surface area contributed by atoms with Gasteiger partial charge in [0.25, 0.3) is 0 Å². The van der Waals surface area contributed by atoms with Crippen molar-refractivity contribution in [1.82, 2.24) is 10.2 Å². The molecular weight excluding hydrogens is 232 g/mol. The highest BCUT2D eigenvalue weighted by atomic mass is 16.4. The van der Waals surface area contributed by atoms with Crippen molar-refractivity contribution in [2.75, 3.05) is 13.1 Å². The van der Waals surface area contributed by atoms with E-state index >= 15 is 0 Å². The van der Waals surface area contributed by atoms with Crippen molar-refractivity contribution in [1.29, 1.82) is 0 Å². The van der Waals surface area contributed by atoms with Crippen molar-refractivity contribution in [3.8, 4) is 0 Å². The molecule has 5 nitrogen and oxygen atoms in total. The summed E-state index contributed by atoms with van der Waals surface area (Å²) in [7, 11) is 0. The number of hydrogen-bond acceptors (Lipinski definition) is 2. The molecule has 0 radical (unpaired) electrons. The number of carbonyl (C=O) groups excluding carboxylic acids is 1. The maximum Gasteiger partial charge on any atom is 0.317 e. The van der Waals surface area contributed by atoms with Crippen molar-refractivity contribution >= 4 is 12.0 Å². The Bertz CT molecular complexity index is 350. The summed E-state index contributed by atoms with van der Waals surface area (Å²) in [6, 6.07) is 0.165. The Labute approximate surface area is 108 Å². The summed E-state index contributed by atoms with van der Waals surface area (Å²) < 4.78 is 0. The molecule has 18 heavy (non-hydrogen) atoms. The number of carbonyl (C=O) groups is 2. The van der Waals surface area contributed by atoms with E-state index < -0.39 is 5.97 Å². The van der Waals surface area contributed by atoms with Gasteiger partial charge < -0.3 is 15.3 Å². The Hall–Kier alpha value is -1.26. The molecule has 0 aromatic rings. The summed E-state index contributed by atoms with van der Waals surface area (Å²) in [6.07, 6.45) is 3.19. The second-order valence-electron chi connectivity index (χ2n) is 6.14. The zero-order valence-electron chi connectivity index (χ0n) is 11.1. The zero-order chi connectivity index (χ0) is 13.3. The van der Waals surface area contributed by atoms with E-state index in [-0.39, 0.29) is 18.5 Å². The molecular formula is C13H22N2O3. The van der Waals surface area contributed by atoms with Crippen LogP contribution in [0.5, 0.6) is 0 Å². The molecule has 1 unspecified atom stereocenters. The number of urea groups is 1. The Morgan fingerprint density at radius 1 is 1.39 bits per heavy atom. The molecule has 0 saturated heterocycles. The molecule has 2 saturated carbocycles. The van der Waals surface area contributed by atoms with Crippen LogP contribution in [0.15, 0.2) is 0 Å². The Morgan fingerprint density at radius 2 is 2.00 bits per heavy atom. The number of rotatable bonds is 6. The van der Waals surface area contributed by atoms with E-state index in [1.807, 2.05) is 0 Å². The van der Waals surface area contributed by atoms with Crippen LogP contribution in [0.1, 0.15) is 39.5 Å². The molecule has 2 fully saturated rings. The van der Waals surface area contributed by atoms with E-state index in [0.29, 0.717) is 24.4 Å². The van der Waals surface area contributed by atoms with Gasteiger partial charge in [0.15, 0.2) is 0 Å². The van der Waals surface area contributed by atoms with Gasteiger partial charge in [0, 0.05) is 19.1 Å². The normalized spacial score (nSPS) is 24.4. The minimum absolute atomic E-state index is 0.0266. The summed E-state index contributed by atoms with van der Waals surface area (Å²) >= 11 is 0. The van der Waals surface area contributed by atoms with Gasteiger partial charge in [-0.05, 0) is 30.6 Å². The fraction of sp³-hybridized carbons (Fsp3) is 0.846. The lowest BCUT2D eigenvalue weighted by molar-refractivity contribution is -0.137. The van der Waals surface area contributed by atoms with Gasteiger partial charge in [0.05, 0.1) is 6.42 Å². The van der Waals surface area contributed by atoms with Gasteiger partial charge in [0.2, 0.25) is 0 Å². The van der Waals surface area contributed by atoms with Crippen LogP contribution in [0.25, 0.3) is 0 Å². The number of nitrogens with one attached hydrogen (secondary N) is 1. The summed E-state index contributed by atoms with van der Waals surface area (Å²) in [5, 5.41) is 11.6. The van der Waals surface area contributed by atoms with E-state index in [2.05, 4.69) is 19.2 Å². The topological polar surface area (TPSA) is 69.6 Å². The molecule has 5 heteroatoms. The molecule has 0 aliphatic heterocycles. The van der Waals surface area contributed by atoms with Crippen molar-refractivity contribution in [3.05, 3.63) is 0 Å². The molecule has 2 amide bonds. The first-order chi connectivity index (χ1) is 8.40. The number of carboxylic acid groups (broad SMARTS) is 1. The van der Waals surface area contributed by atoms with Crippen LogP contribution >= 0.6 is 0 Å². The monoisotopic (exact) mass is 254 g/mol. The number of aliphatic carboxylic acids is 1. The molecule has 2 N–H and O–H groups in total. The first-order valence-electron chi connectivity index (χ1n) is 6.66. The number of carboxylic acids is 1. The van der Waals surface area contributed by atoms with Crippen molar-refractivity contribution in [2.24, 2.45) is 11.3 Å². The number of amides is 2. The highest BCUT2D eigenvalue weighted by Gasteiger charge is 2.45. The van der Waals surface area contributed by atoms with Gasteiger partial charge in [-0.3, -0.25) is 4.79 Å². The van der Waals surface area contributed by atoms with Crippen LogP contribution in [-0.2, 0) is 4.79 Å². The highest BCUT2D eigenvalue weighted by Crippen LogP contribution is 2.51. The molecule has 0 heterocycles. The third kappa shape index (κ3) is 3.37. The molecule has 0 aromatic heterocycles. The average molecular weight is 254 g/mol. The van der Waals surface area contributed by atoms with Gasteiger partial charge in [0.1, 0.15) is 0 Å². The van der Waals surface area contributed by atoms with E-state index in [1.54, 1.807) is 4.90 Å². The van der Waals surface area contributed by atoms with Crippen LogP contribution < -0.4 is 5.32 Å². The largest absolute Gasteiger partial charge is 0.481 e. The van der Waals surface area contributed by atoms with Gasteiger partial charge >= 0.3 is 12.0 Å².